The molecule has 0 unspecified atom stereocenters. The van der Waals surface area contributed by atoms with Crippen molar-refractivity contribution in [3.05, 3.63) is 65.6 Å². The average Bonchev–Trinajstić information content (AvgIpc) is 3.27. The number of imidazole rings is 1. The van der Waals surface area contributed by atoms with Gasteiger partial charge in [0.15, 0.2) is 0 Å². The summed E-state index contributed by atoms with van der Waals surface area (Å²) >= 11 is 0. The van der Waals surface area contributed by atoms with E-state index in [2.05, 4.69) is 51.7 Å². The molecule has 0 bridgehead atoms. The van der Waals surface area contributed by atoms with Gasteiger partial charge in [0, 0.05) is 37.2 Å². The first-order valence-corrected chi connectivity index (χ1v) is 9.37. The van der Waals surface area contributed by atoms with Gasteiger partial charge in [-0.3, -0.25) is 0 Å². The first-order chi connectivity index (χ1) is 13.1. The van der Waals surface area contributed by atoms with Crippen LogP contribution >= 0.6 is 0 Å². The summed E-state index contributed by atoms with van der Waals surface area (Å²) in [6.07, 6.45) is 4.89. The smallest absolute Gasteiger partial charge is 0.315 e. The number of nitrogens with zero attached hydrogens (tertiary/aromatic N) is 3. The average molecular weight is 363 g/mol. The highest BCUT2D eigenvalue weighted by molar-refractivity contribution is 5.74. The third-order valence-corrected chi connectivity index (χ3v) is 5.02. The lowest BCUT2D eigenvalue weighted by Gasteiger charge is -2.19. The molecule has 0 saturated carbocycles. The van der Waals surface area contributed by atoms with Crippen molar-refractivity contribution in [2.75, 3.05) is 18.0 Å². The quantitative estimate of drug-likeness (QED) is 0.749. The lowest BCUT2D eigenvalue weighted by Crippen LogP contribution is -2.43. The fourth-order valence-corrected chi connectivity index (χ4v) is 3.50. The number of nitrogens with one attached hydrogen (secondary N) is 2. The van der Waals surface area contributed by atoms with Crippen molar-refractivity contribution >= 4 is 17.4 Å². The molecule has 1 atom stereocenters. The molecule has 1 aromatic carbocycles. The minimum absolute atomic E-state index is 0.140. The Hall–Kier alpha value is -3.02. The second-order valence-electron chi connectivity index (χ2n) is 7.30. The molecule has 0 spiro atoms. The molecule has 6 heteroatoms. The van der Waals surface area contributed by atoms with Gasteiger partial charge in [0.2, 0.25) is 0 Å². The van der Waals surface area contributed by atoms with Crippen molar-refractivity contribution in [3.8, 4) is 0 Å². The summed E-state index contributed by atoms with van der Waals surface area (Å²) in [5.41, 5.74) is 5.39. The van der Waals surface area contributed by atoms with E-state index in [9.17, 15) is 4.79 Å². The van der Waals surface area contributed by atoms with Gasteiger partial charge >= 0.3 is 6.03 Å². The molecule has 0 radical (unpaired) electrons. The third kappa shape index (κ3) is 4.05. The summed E-state index contributed by atoms with van der Waals surface area (Å²) in [6.45, 7) is 6.35. The van der Waals surface area contributed by atoms with E-state index in [0.717, 1.165) is 30.9 Å². The Morgan fingerprint density at radius 2 is 2.00 bits per heavy atom. The Balaban J connectivity index is 1.28. The van der Waals surface area contributed by atoms with E-state index in [1.807, 2.05) is 35.9 Å². The van der Waals surface area contributed by atoms with Gasteiger partial charge in [-0.05, 0) is 50.1 Å². The SMILES string of the molecule is Cc1ccc(N2CC[C@H](NC(=O)NCc3cn4ccc(C)cc4n3)C2)cc1. The third-order valence-electron chi connectivity index (χ3n) is 5.02. The van der Waals surface area contributed by atoms with E-state index in [1.54, 1.807) is 0 Å². The molecule has 2 amide bonds. The number of fused-ring (bicyclic) bond motifs is 1. The van der Waals surface area contributed by atoms with Crippen molar-refractivity contribution in [2.24, 2.45) is 0 Å². The highest BCUT2D eigenvalue weighted by Gasteiger charge is 2.24. The van der Waals surface area contributed by atoms with Crippen LogP contribution in [0.4, 0.5) is 10.5 Å². The Morgan fingerprint density at radius 1 is 1.19 bits per heavy atom. The van der Waals surface area contributed by atoms with Crippen molar-refractivity contribution in [3.63, 3.8) is 0 Å². The van der Waals surface area contributed by atoms with Crippen LogP contribution in [0.2, 0.25) is 0 Å². The van der Waals surface area contributed by atoms with E-state index in [0.29, 0.717) is 6.54 Å². The van der Waals surface area contributed by atoms with Crippen LogP contribution < -0.4 is 15.5 Å². The first kappa shape index (κ1) is 17.4. The number of amides is 2. The molecule has 3 aromatic rings. The lowest BCUT2D eigenvalue weighted by atomic mass is 10.2. The summed E-state index contributed by atoms with van der Waals surface area (Å²) < 4.78 is 1.97. The first-order valence-electron chi connectivity index (χ1n) is 9.37. The zero-order valence-corrected chi connectivity index (χ0v) is 15.8. The summed E-state index contributed by atoms with van der Waals surface area (Å²) in [5, 5.41) is 6.00. The highest BCUT2D eigenvalue weighted by atomic mass is 16.2. The van der Waals surface area contributed by atoms with E-state index in [1.165, 1.54) is 16.8 Å². The number of hydrogen-bond acceptors (Lipinski definition) is 3. The molecule has 3 heterocycles. The van der Waals surface area contributed by atoms with Crippen LogP contribution in [0, 0.1) is 13.8 Å². The van der Waals surface area contributed by atoms with E-state index in [-0.39, 0.29) is 12.1 Å². The Morgan fingerprint density at radius 3 is 2.81 bits per heavy atom. The molecule has 2 N–H and O–H groups in total. The number of urea groups is 1. The van der Waals surface area contributed by atoms with Crippen LogP contribution in [0.25, 0.3) is 5.65 Å². The van der Waals surface area contributed by atoms with E-state index in [4.69, 9.17) is 0 Å². The van der Waals surface area contributed by atoms with Crippen molar-refractivity contribution < 1.29 is 4.79 Å². The summed E-state index contributed by atoms with van der Waals surface area (Å²) in [6, 6.07) is 12.6. The predicted octanol–water partition coefficient (Wildman–Crippen LogP) is 3.03. The molecule has 140 valence electrons. The Labute approximate surface area is 159 Å². The number of hydrogen-bond donors (Lipinski definition) is 2. The van der Waals surface area contributed by atoms with Crippen LogP contribution in [0.15, 0.2) is 48.8 Å². The minimum Gasteiger partial charge on any atom is -0.369 e. The fraction of sp³-hybridized carbons (Fsp3) is 0.333. The molecule has 4 rings (SSSR count). The molecule has 2 aromatic heterocycles. The Bertz CT molecular complexity index is 947. The maximum absolute atomic E-state index is 12.3. The molecule has 0 aliphatic carbocycles. The Kier molecular flexibility index (Phi) is 4.71. The van der Waals surface area contributed by atoms with Crippen molar-refractivity contribution in [1.29, 1.82) is 0 Å². The highest BCUT2D eigenvalue weighted by Crippen LogP contribution is 2.20. The maximum atomic E-state index is 12.3. The number of carbonyl (C=O) groups excluding carboxylic acids is 1. The second-order valence-corrected chi connectivity index (χ2v) is 7.30. The summed E-state index contributed by atoms with van der Waals surface area (Å²) in [5.74, 6) is 0. The molecule has 1 aliphatic heterocycles. The fourth-order valence-electron chi connectivity index (χ4n) is 3.50. The number of aryl methyl sites for hydroxylation is 2. The molecule has 6 nitrogen and oxygen atoms in total. The van der Waals surface area contributed by atoms with Gasteiger partial charge in [-0.2, -0.15) is 0 Å². The second kappa shape index (κ2) is 7.31. The van der Waals surface area contributed by atoms with Crippen LogP contribution in [0.5, 0.6) is 0 Å². The molecular formula is C21H25N5O. The molecule has 1 fully saturated rings. The van der Waals surface area contributed by atoms with Gasteiger partial charge in [0.1, 0.15) is 5.65 Å². The number of rotatable bonds is 4. The maximum Gasteiger partial charge on any atom is 0.315 e. The van der Waals surface area contributed by atoms with Crippen molar-refractivity contribution in [2.45, 2.75) is 32.9 Å². The number of aromatic nitrogens is 2. The molecular weight excluding hydrogens is 338 g/mol. The lowest BCUT2D eigenvalue weighted by molar-refractivity contribution is 0.237. The van der Waals surface area contributed by atoms with Gasteiger partial charge < -0.3 is 19.9 Å². The van der Waals surface area contributed by atoms with Gasteiger partial charge in [0.25, 0.3) is 0 Å². The monoisotopic (exact) mass is 363 g/mol. The van der Waals surface area contributed by atoms with Gasteiger partial charge in [0.05, 0.1) is 12.2 Å². The number of benzene rings is 1. The minimum atomic E-state index is -0.140. The van der Waals surface area contributed by atoms with E-state index < -0.39 is 0 Å². The molecule has 1 aliphatic rings. The summed E-state index contributed by atoms with van der Waals surface area (Å²) in [7, 11) is 0. The number of pyridine rings is 1. The zero-order valence-electron chi connectivity index (χ0n) is 15.8. The van der Waals surface area contributed by atoms with Crippen LogP contribution in [0.1, 0.15) is 23.2 Å². The standard InChI is InChI=1S/C21H25N5O/c1-15-3-5-19(6-4-15)25-10-8-17(13-25)24-21(27)22-12-18-14-26-9-7-16(2)11-20(26)23-18/h3-7,9,11,14,17H,8,10,12-13H2,1-2H3,(H2,22,24,27)/t17-/m0/s1. The zero-order chi connectivity index (χ0) is 18.8. The summed E-state index contributed by atoms with van der Waals surface area (Å²) in [4.78, 5) is 19.1. The van der Waals surface area contributed by atoms with Gasteiger partial charge in [-0.1, -0.05) is 17.7 Å². The number of carbonyl (C=O) groups is 1. The van der Waals surface area contributed by atoms with Gasteiger partial charge in [-0.25, -0.2) is 9.78 Å². The number of anilines is 1. The molecule has 27 heavy (non-hydrogen) atoms. The predicted molar refractivity (Wildman–Crippen MR) is 107 cm³/mol. The van der Waals surface area contributed by atoms with Gasteiger partial charge in [-0.15, -0.1) is 0 Å². The largest absolute Gasteiger partial charge is 0.369 e. The topological polar surface area (TPSA) is 61.7 Å². The van der Waals surface area contributed by atoms with Crippen LogP contribution in [-0.4, -0.2) is 34.5 Å². The van der Waals surface area contributed by atoms with Crippen molar-refractivity contribution in [1.82, 2.24) is 20.0 Å². The van der Waals surface area contributed by atoms with Crippen LogP contribution in [0.3, 0.4) is 0 Å². The normalized spacial score (nSPS) is 16.7. The molecule has 1 saturated heterocycles. The van der Waals surface area contributed by atoms with Crippen LogP contribution in [-0.2, 0) is 6.54 Å². The van der Waals surface area contributed by atoms with E-state index >= 15 is 0 Å².